The predicted molar refractivity (Wildman–Crippen MR) is 54.3 cm³/mol. The van der Waals surface area contributed by atoms with Gasteiger partial charge < -0.3 is 9.26 Å². The van der Waals surface area contributed by atoms with E-state index in [0.29, 0.717) is 6.61 Å². The number of fused-ring (bicyclic) bond motifs is 1. The van der Waals surface area contributed by atoms with Crippen LogP contribution in [-0.2, 0) is 11.3 Å². The van der Waals surface area contributed by atoms with Gasteiger partial charge in [0.25, 0.3) is 0 Å². The molecule has 0 bridgehead atoms. The lowest BCUT2D eigenvalue weighted by Gasteiger charge is -2.09. The number of aromatic nitrogens is 1. The van der Waals surface area contributed by atoms with E-state index in [1.807, 2.05) is 0 Å². The zero-order valence-corrected chi connectivity index (χ0v) is 8.43. The molecule has 0 fully saturated rings. The van der Waals surface area contributed by atoms with Crippen molar-refractivity contribution in [1.29, 1.82) is 0 Å². The van der Waals surface area contributed by atoms with Gasteiger partial charge in [-0.05, 0) is 12.5 Å². The molecule has 0 aliphatic carbocycles. The molecule has 2 aromatic rings. The fourth-order valence-corrected chi connectivity index (χ4v) is 1.84. The Hall–Kier alpha value is -1.61. The summed E-state index contributed by atoms with van der Waals surface area (Å²) in [5.74, 6) is 0. The zero-order valence-electron chi connectivity index (χ0n) is 8.43. The molecule has 0 saturated carbocycles. The number of hydrogen-bond donors (Lipinski definition) is 0. The van der Waals surface area contributed by atoms with Gasteiger partial charge in [-0.3, -0.25) is 0 Å². The molecule has 2 heterocycles. The maximum atomic E-state index is 5.67. The van der Waals surface area contributed by atoms with Crippen LogP contribution in [0.25, 0.3) is 0 Å². The lowest BCUT2D eigenvalue weighted by atomic mass is 10.0. The van der Waals surface area contributed by atoms with Gasteiger partial charge in [-0.25, -0.2) is 0 Å². The van der Waals surface area contributed by atoms with E-state index in [1.54, 1.807) is 6.26 Å². The lowest BCUT2D eigenvalue weighted by molar-refractivity contribution is 0.0862. The minimum absolute atomic E-state index is 0.0562. The number of hydrogen-bond acceptors (Lipinski definition) is 3. The summed E-state index contributed by atoms with van der Waals surface area (Å²) in [7, 11) is 0. The van der Waals surface area contributed by atoms with E-state index in [9.17, 15) is 0 Å². The molecule has 3 rings (SSSR count). The van der Waals surface area contributed by atoms with Crippen LogP contribution in [-0.4, -0.2) is 5.16 Å². The molecule has 0 saturated heterocycles. The number of rotatable bonds is 1. The Bertz CT molecular complexity index is 473. The van der Waals surface area contributed by atoms with E-state index in [0.717, 1.165) is 16.8 Å². The van der Waals surface area contributed by atoms with Crippen LogP contribution in [0.3, 0.4) is 0 Å². The molecule has 0 N–H and O–H groups in total. The lowest BCUT2D eigenvalue weighted by Crippen LogP contribution is -1.99. The van der Waals surface area contributed by atoms with Crippen molar-refractivity contribution >= 4 is 0 Å². The highest BCUT2D eigenvalue weighted by atomic mass is 16.5. The molecule has 76 valence electrons. The molecule has 3 nitrogen and oxygen atoms in total. The summed E-state index contributed by atoms with van der Waals surface area (Å²) in [4.78, 5) is 0. The Kier molecular flexibility index (Phi) is 1.86. The summed E-state index contributed by atoms with van der Waals surface area (Å²) in [5.41, 5.74) is 4.35. The van der Waals surface area contributed by atoms with Crippen LogP contribution < -0.4 is 0 Å². The third kappa shape index (κ3) is 1.36. The zero-order chi connectivity index (χ0) is 10.3. The van der Waals surface area contributed by atoms with Gasteiger partial charge in [0.1, 0.15) is 18.1 Å². The van der Waals surface area contributed by atoms with E-state index in [1.165, 1.54) is 5.56 Å². The summed E-state index contributed by atoms with van der Waals surface area (Å²) in [6.07, 6.45) is 1.60. The Balaban J connectivity index is 2.00. The first-order valence-corrected chi connectivity index (χ1v) is 4.96. The number of benzene rings is 1. The van der Waals surface area contributed by atoms with Crippen LogP contribution >= 0.6 is 0 Å². The van der Waals surface area contributed by atoms with Crippen molar-refractivity contribution in [2.24, 2.45) is 0 Å². The van der Waals surface area contributed by atoms with Gasteiger partial charge in [0.2, 0.25) is 0 Å². The Labute approximate surface area is 87.7 Å². The molecule has 0 spiro atoms. The Morgan fingerprint density at radius 3 is 2.87 bits per heavy atom. The Morgan fingerprint density at radius 1 is 1.27 bits per heavy atom. The van der Waals surface area contributed by atoms with Crippen molar-refractivity contribution in [3.63, 3.8) is 0 Å². The fraction of sp³-hybridized carbons (Fsp3) is 0.250. The minimum atomic E-state index is -0.0562. The fourth-order valence-electron chi connectivity index (χ4n) is 1.84. The molecule has 1 aromatic carbocycles. The molecular formula is C12H11NO2. The van der Waals surface area contributed by atoms with Gasteiger partial charge >= 0.3 is 0 Å². The molecule has 0 amide bonds. The smallest absolute Gasteiger partial charge is 0.129 e. The van der Waals surface area contributed by atoms with Gasteiger partial charge in [-0.1, -0.05) is 35.0 Å². The first-order valence-electron chi connectivity index (χ1n) is 4.96. The number of aryl methyl sites for hydroxylation is 1. The molecule has 1 atom stereocenters. The third-order valence-electron chi connectivity index (χ3n) is 2.71. The maximum absolute atomic E-state index is 5.67. The average molecular weight is 201 g/mol. The molecule has 3 heteroatoms. The van der Waals surface area contributed by atoms with Crippen molar-refractivity contribution in [3.8, 4) is 0 Å². The van der Waals surface area contributed by atoms with Gasteiger partial charge in [0.05, 0.1) is 6.61 Å². The second-order valence-electron chi connectivity index (χ2n) is 3.83. The van der Waals surface area contributed by atoms with Crippen LogP contribution in [0.1, 0.15) is 28.5 Å². The minimum Gasteiger partial charge on any atom is -0.364 e. The molecule has 1 aliphatic rings. The summed E-state index contributed by atoms with van der Waals surface area (Å²) in [6, 6.07) is 8.31. The summed E-state index contributed by atoms with van der Waals surface area (Å²) in [5, 5.41) is 3.98. The quantitative estimate of drug-likeness (QED) is 0.711. The summed E-state index contributed by atoms with van der Waals surface area (Å²) < 4.78 is 10.6. The largest absolute Gasteiger partial charge is 0.364 e. The summed E-state index contributed by atoms with van der Waals surface area (Å²) in [6.45, 7) is 2.66. The van der Waals surface area contributed by atoms with Crippen LogP contribution in [0.15, 0.2) is 35.1 Å². The monoisotopic (exact) mass is 201 g/mol. The van der Waals surface area contributed by atoms with Gasteiger partial charge in [0, 0.05) is 5.56 Å². The molecule has 1 unspecified atom stereocenters. The number of ether oxygens (including phenoxy) is 1. The highest BCUT2D eigenvalue weighted by molar-refractivity contribution is 5.33. The topological polar surface area (TPSA) is 35.3 Å². The van der Waals surface area contributed by atoms with E-state index in [4.69, 9.17) is 9.26 Å². The molecule has 15 heavy (non-hydrogen) atoms. The van der Waals surface area contributed by atoms with Crippen molar-refractivity contribution in [3.05, 3.63) is 52.9 Å². The van der Waals surface area contributed by atoms with Crippen molar-refractivity contribution in [1.82, 2.24) is 5.16 Å². The maximum Gasteiger partial charge on any atom is 0.129 e. The highest BCUT2D eigenvalue weighted by Crippen LogP contribution is 2.34. The van der Waals surface area contributed by atoms with E-state index < -0.39 is 0 Å². The van der Waals surface area contributed by atoms with Crippen LogP contribution in [0.5, 0.6) is 0 Å². The van der Waals surface area contributed by atoms with Crippen LogP contribution in [0.2, 0.25) is 0 Å². The van der Waals surface area contributed by atoms with E-state index in [-0.39, 0.29) is 6.10 Å². The molecule has 1 aliphatic heterocycles. The van der Waals surface area contributed by atoms with Crippen molar-refractivity contribution < 1.29 is 9.26 Å². The third-order valence-corrected chi connectivity index (χ3v) is 2.71. The molecule has 1 aromatic heterocycles. The van der Waals surface area contributed by atoms with Crippen LogP contribution in [0.4, 0.5) is 0 Å². The molecule has 0 radical (unpaired) electrons. The van der Waals surface area contributed by atoms with Crippen molar-refractivity contribution in [2.75, 3.05) is 0 Å². The second kappa shape index (κ2) is 3.21. The number of nitrogens with zero attached hydrogens (tertiary/aromatic N) is 1. The first kappa shape index (κ1) is 8.68. The van der Waals surface area contributed by atoms with Gasteiger partial charge in [0.15, 0.2) is 0 Å². The normalized spacial score (nSPS) is 19.1. The van der Waals surface area contributed by atoms with Gasteiger partial charge in [-0.2, -0.15) is 0 Å². The standard InChI is InChI=1S/C12H11NO2/c1-8-2-4-9(5-3-8)12-11-10(6-14-12)7-15-13-11/h2-5,7,12H,6H2,1H3. The Morgan fingerprint density at radius 2 is 2.07 bits per heavy atom. The van der Waals surface area contributed by atoms with Gasteiger partial charge in [-0.15, -0.1) is 0 Å². The molecular weight excluding hydrogens is 190 g/mol. The second-order valence-corrected chi connectivity index (χ2v) is 3.83. The van der Waals surface area contributed by atoms with E-state index in [2.05, 4.69) is 36.3 Å². The van der Waals surface area contributed by atoms with Crippen LogP contribution in [0, 0.1) is 6.92 Å². The average Bonchev–Trinajstić information content (AvgIpc) is 2.80. The predicted octanol–water partition coefficient (Wildman–Crippen LogP) is 2.60. The van der Waals surface area contributed by atoms with E-state index >= 15 is 0 Å². The SMILES string of the molecule is Cc1ccc(C2OCc3conc32)cc1. The summed E-state index contributed by atoms with van der Waals surface area (Å²) >= 11 is 0. The highest BCUT2D eigenvalue weighted by Gasteiger charge is 2.28. The van der Waals surface area contributed by atoms with Crippen molar-refractivity contribution in [2.45, 2.75) is 19.6 Å². The first-order chi connectivity index (χ1) is 7.34.